The number of anilines is 1. The van der Waals surface area contributed by atoms with Crippen molar-refractivity contribution >= 4 is 17.6 Å². The molecule has 2 N–H and O–H groups in total. The van der Waals surface area contributed by atoms with Gasteiger partial charge in [-0.2, -0.15) is 0 Å². The van der Waals surface area contributed by atoms with Crippen molar-refractivity contribution in [2.45, 2.75) is 20.0 Å². The van der Waals surface area contributed by atoms with E-state index in [1.165, 1.54) is 6.07 Å². The molecule has 30 heavy (non-hydrogen) atoms. The third kappa shape index (κ3) is 4.78. The summed E-state index contributed by atoms with van der Waals surface area (Å²) in [4.78, 5) is 25.8. The minimum absolute atomic E-state index is 0.00144. The van der Waals surface area contributed by atoms with Crippen LogP contribution in [0.4, 0.5) is 5.69 Å². The minimum atomic E-state index is -1.21. The molecule has 3 rings (SSSR count). The summed E-state index contributed by atoms with van der Waals surface area (Å²) < 4.78 is 11.1. The number of esters is 1. The third-order valence-electron chi connectivity index (χ3n) is 4.47. The smallest absolute Gasteiger partial charge is 0.343 e. The summed E-state index contributed by atoms with van der Waals surface area (Å²) in [7, 11) is 0. The molecular weight excluding hydrogens is 382 g/mol. The molecular formula is C24H23NO5. The fourth-order valence-electron chi connectivity index (χ4n) is 2.94. The van der Waals surface area contributed by atoms with E-state index in [-0.39, 0.29) is 11.3 Å². The average Bonchev–Trinajstić information content (AvgIpc) is 2.76. The van der Waals surface area contributed by atoms with E-state index >= 15 is 0 Å². The van der Waals surface area contributed by atoms with Gasteiger partial charge in [0.1, 0.15) is 17.1 Å². The summed E-state index contributed by atoms with van der Waals surface area (Å²) in [5.41, 5.74) is 1.51. The van der Waals surface area contributed by atoms with Gasteiger partial charge in [-0.15, -0.1) is 0 Å². The number of hydrogen-bond donors (Lipinski definition) is 2. The van der Waals surface area contributed by atoms with E-state index < -0.39 is 18.0 Å². The molecule has 0 spiro atoms. The van der Waals surface area contributed by atoms with Crippen molar-refractivity contribution < 1.29 is 24.2 Å². The Morgan fingerprint density at radius 2 is 1.67 bits per heavy atom. The first kappa shape index (κ1) is 20.9. The fourth-order valence-corrected chi connectivity index (χ4v) is 2.94. The van der Waals surface area contributed by atoms with Crippen molar-refractivity contribution in [2.75, 3.05) is 11.9 Å². The molecule has 0 aliphatic heterocycles. The fraction of sp³-hybridized carbons (Fsp3) is 0.167. The number of aromatic hydroxyl groups is 1. The highest BCUT2D eigenvalue weighted by Crippen LogP contribution is 2.29. The first-order valence-electron chi connectivity index (χ1n) is 9.58. The molecule has 0 bridgehead atoms. The summed E-state index contributed by atoms with van der Waals surface area (Å²) in [6.45, 7) is 3.97. The van der Waals surface area contributed by atoms with E-state index in [0.717, 1.165) is 0 Å². The highest BCUT2D eigenvalue weighted by Gasteiger charge is 2.27. The second-order valence-electron chi connectivity index (χ2n) is 6.59. The molecule has 0 fully saturated rings. The van der Waals surface area contributed by atoms with Gasteiger partial charge in [-0.1, -0.05) is 54.6 Å². The van der Waals surface area contributed by atoms with Crippen LogP contribution in [0.5, 0.6) is 11.5 Å². The Labute approximate surface area is 175 Å². The molecule has 0 radical (unpaired) electrons. The SMILES string of the molecule is CCOc1ccccc1NC(=O)[C@@H](OC(=O)c1cccc(C)c1O)c1ccccc1. The lowest BCUT2D eigenvalue weighted by molar-refractivity contribution is -0.125. The van der Waals surface area contributed by atoms with Gasteiger partial charge in [-0.05, 0) is 37.6 Å². The van der Waals surface area contributed by atoms with Gasteiger partial charge >= 0.3 is 5.97 Å². The van der Waals surface area contributed by atoms with Gasteiger partial charge in [0.25, 0.3) is 5.91 Å². The summed E-state index contributed by atoms with van der Waals surface area (Å²) in [6, 6.07) is 20.5. The summed E-state index contributed by atoms with van der Waals surface area (Å²) in [5.74, 6) is -0.980. The molecule has 0 unspecified atom stereocenters. The third-order valence-corrected chi connectivity index (χ3v) is 4.47. The van der Waals surface area contributed by atoms with Crippen LogP contribution in [-0.2, 0) is 9.53 Å². The molecule has 1 atom stereocenters. The van der Waals surface area contributed by atoms with Gasteiger partial charge in [0, 0.05) is 5.56 Å². The van der Waals surface area contributed by atoms with Crippen LogP contribution in [0.1, 0.15) is 34.5 Å². The number of carbonyl (C=O) groups excluding carboxylic acids is 2. The number of aryl methyl sites for hydroxylation is 1. The Morgan fingerprint density at radius 3 is 2.40 bits per heavy atom. The number of amides is 1. The molecule has 3 aromatic carbocycles. The number of carbonyl (C=O) groups is 2. The Balaban J connectivity index is 1.89. The van der Waals surface area contributed by atoms with E-state index in [2.05, 4.69) is 5.32 Å². The standard InChI is InChI=1S/C24H23NO5/c1-3-29-20-15-8-7-14-19(20)25-23(27)22(17-11-5-4-6-12-17)30-24(28)18-13-9-10-16(2)21(18)26/h4-15,22,26H,3H2,1-2H3,(H,25,27)/t22-/m0/s1. The predicted molar refractivity (Wildman–Crippen MR) is 114 cm³/mol. The second kappa shape index (κ2) is 9.60. The maximum Gasteiger partial charge on any atom is 0.343 e. The molecule has 0 aliphatic carbocycles. The van der Waals surface area contributed by atoms with Gasteiger partial charge < -0.3 is 19.9 Å². The maximum atomic E-state index is 13.1. The van der Waals surface area contributed by atoms with Crippen LogP contribution >= 0.6 is 0 Å². The Hall–Kier alpha value is -3.80. The zero-order chi connectivity index (χ0) is 21.5. The first-order valence-corrected chi connectivity index (χ1v) is 9.58. The number of nitrogens with one attached hydrogen (secondary N) is 1. The second-order valence-corrected chi connectivity index (χ2v) is 6.59. The molecule has 3 aromatic rings. The van der Waals surface area contributed by atoms with Crippen molar-refractivity contribution in [3.8, 4) is 11.5 Å². The molecule has 0 aliphatic rings. The highest BCUT2D eigenvalue weighted by molar-refractivity contribution is 5.99. The van der Waals surface area contributed by atoms with Gasteiger partial charge in [0.05, 0.1) is 12.3 Å². The first-order chi connectivity index (χ1) is 14.5. The van der Waals surface area contributed by atoms with Gasteiger partial charge in [0.15, 0.2) is 0 Å². The monoisotopic (exact) mass is 405 g/mol. The Bertz CT molecular complexity index is 1030. The lowest BCUT2D eigenvalue weighted by atomic mass is 10.1. The highest BCUT2D eigenvalue weighted by atomic mass is 16.5. The van der Waals surface area contributed by atoms with Gasteiger partial charge in [-0.3, -0.25) is 4.79 Å². The Morgan fingerprint density at radius 1 is 0.967 bits per heavy atom. The van der Waals surface area contributed by atoms with Crippen molar-refractivity contribution in [3.63, 3.8) is 0 Å². The van der Waals surface area contributed by atoms with Crippen molar-refractivity contribution in [2.24, 2.45) is 0 Å². The van der Waals surface area contributed by atoms with E-state index in [1.54, 1.807) is 73.7 Å². The zero-order valence-corrected chi connectivity index (χ0v) is 16.8. The number of benzene rings is 3. The number of phenolic OH excluding ortho intramolecular Hbond substituents is 1. The molecule has 6 heteroatoms. The van der Waals surface area contributed by atoms with Crippen LogP contribution < -0.4 is 10.1 Å². The maximum absolute atomic E-state index is 13.1. The molecule has 0 saturated heterocycles. The number of phenols is 1. The van der Waals surface area contributed by atoms with Crippen LogP contribution in [0.15, 0.2) is 72.8 Å². The average molecular weight is 405 g/mol. The number of ether oxygens (including phenoxy) is 2. The van der Waals surface area contributed by atoms with Crippen LogP contribution in [0.2, 0.25) is 0 Å². The van der Waals surface area contributed by atoms with Crippen molar-refractivity contribution in [1.29, 1.82) is 0 Å². The largest absolute Gasteiger partial charge is 0.507 e. The zero-order valence-electron chi connectivity index (χ0n) is 16.8. The number of hydrogen-bond acceptors (Lipinski definition) is 5. The summed E-state index contributed by atoms with van der Waals surface area (Å²) in [6.07, 6.45) is -1.21. The molecule has 0 saturated carbocycles. The van der Waals surface area contributed by atoms with E-state index in [0.29, 0.717) is 29.2 Å². The molecule has 154 valence electrons. The number of rotatable bonds is 7. The lowest BCUT2D eigenvalue weighted by Gasteiger charge is -2.19. The number of para-hydroxylation sites is 3. The predicted octanol–water partition coefficient (Wildman–Crippen LogP) is 4.64. The van der Waals surface area contributed by atoms with Crippen LogP contribution in [-0.4, -0.2) is 23.6 Å². The summed E-state index contributed by atoms with van der Waals surface area (Å²) in [5, 5.41) is 13.0. The lowest BCUT2D eigenvalue weighted by Crippen LogP contribution is -2.26. The molecule has 0 aromatic heterocycles. The Kier molecular flexibility index (Phi) is 6.70. The van der Waals surface area contributed by atoms with Crippen LogP contribution in [0.3, 0.4) is 0 Å². The minimum Gasteiger partial charge on any atom is -0.507 e. The van der Waals surface area contributed by atoms with E-state index in [9.17, 15) is 14.7 Å². The van der Waals surface area contributed by atoms with Gasteiger partial charge in [0.2, 0.25) is 6.10 Å². The van der Waals surface area contributed by atoms with E-state index in [4.69, 9.17) is 9.47 Å². The topological polar surface area (TPSA) is 84.9 Å². The van der Waals surface area contributed by atoms with Gasteiger partial charge in [-0.25, -0.2) is 4.79 Å². The van der Waals surface area contributed by atoms with Crippen molar-refractivity contribution in [3.05, 3.63) is 89.5 Å². The normalized spacial score (nSPS) is 11.4. The van der Waals surface area contributed by atoms with Crippen LogP contribution in [0.25, 0.3) is 0 Å². The summed E-state index contributed by atoms with van der Waals surface area (Å²) >= 11 is 0. The molecule has 1 amide bonds. The van der Waals surface area contributed by atoms with E-state index in [1.807, 2.05) is 6.92 Å². The molecule has 6 nitrogen and oxygen atoms in total. The van der Waals surface area contributed by atoms with Crippen LogP contribution in [0, 0.1) is 6.92 Å². The quantitative estimate of drug-likeness (QED) is 0.560. The van der Waals surface area contributed by atoms with Crippen molar-refractivity contribution in [1.82, 2.24) is 0 Å². The molecule has 0 heterocycles.